The third-order valence-electron chi connectivity index (χ3n) is 5.25. The van der Waals surface area contributed by atoms with Gasteiger partial charge in [0.25, 0.3) is 11.7 Å². The molecule has 2 unspecified atom stereocenters. The van der Waals surface area contributed by atoms with E-state index in [4.69, 9.17) is 27.9 Å². The zero-order valence-electron chi connectivity index (χ0n) is 15.5. The molecule has 2 aromatic carbocycles. The maximum Gasteiger partial charge on any atom is 0.295 e. The van der Waals surface area contributed by atoms with Crippen molar-refractivity contribution >= 4 is 40.7 Å². The van der Waals surface area contributed by atoms with Crippen LogP contribution >= 0.6 is 23.2 Å². The summed E-state index contributed by atoms with van der Waals surface area (Å²) >= 11 is 12.1. The normalized spacial score (nSPS) is 23.7. The lowest BCUT2D eigenvalue weighted by Crippen LogP contribution is -2.36. The van der Waals surface area contributed by atoms with Gasteiger partial charge in [-0.1, -0.05) is 35.3 Å². The molecule has 2 atom stereocenters. The molecular weight excluding hydrogens is 413 g/mol. The smallest absolute Gasteiger partial charge is 0.295 e. The molecule has 29 heavy (non-hydrogen) atoms. The van der Waals surface area contributed by atoms with Gasteiger partial charge in [0.1, 0.15) is 5.76 Å². The second kappa shape index (κ2) is 8.19. The van der Waals surface area contributed by atoms with E-state index in [1.165, 1.54) is 4.90 Å². The summed E-state index contributed by atoms with van der Waals surface area (Å²) in [5.41, 5.74) is 1.11. The zero-order chi connectivity index (χ0) is 20.5. The van der Waals surface area contributed by atoms with Crippen molar-refractivity contribution in [3.63, 3.8) is 0 Å². The fourth-order valence-corrected chi connectivity index (χ4v) is 4.19. The first-order valence-corrected chi connectivity index (χ1v) is 10.1. The van der Waals surface area contributed by atoms with Crippen molar-refractivity contribution in [1.82, 2.24) is 4.90 Å². The third kappa shape index (κ3) is 3.90. The topological polar surface area (TPSA) is 66.8 Å². The number of aliphatic hydroxyl groups is 1. The number of aliphatic hydroxyl groups excluding tert-OH is 1. The van der Waals surface area contributed by atoms with Crippen LogP contribution in [-0.2, 0) is 14.3 Å². The van der Waals surface area contributed by atoms with Crippen molar-refractivity contribution in [1.29, 1.82) is 0 Å². The highest BCUT2D eigenvalue weighted by Crippen LogP contribution is 2.40. The number of carbonyl (C=O) groups excluding carboxylic acids is 2. The van der Waals surface area contributed by atoms with E-state index in [9.17, 15) is 14.7 Å². The molecule has 2 saturated heterocycles. The largest absolute Gasteiger partial charge is 0.507 e. The molecule has 0 aliphatic carbocycles. The van der Waals surface area contributed by atoms with Gasteiger partial charge in [-0.05, 0) is 54.8 Å². The number of rotatable bonds is 4. The molecule has 2 heterocycles. The summed E-state index contributed by atoms with van der Waals surface area (Å²) in [4.78, 5) is 27.3. The molecule has 2 aliphatic heterocycles. The Morgan fingerprint density at radius 3 is 2.52 bits per heavy atom. The van der Waals surface area contributed by atoms with E-state index in [0.717, 1.165) is 12.8 Å². The van der Waals surface area contributed by atoms with E-state index in [2.05, 4.69) is 0 Å². The minimum absolute atomic E-state index is 0.0394. The molecule has 5 nitrogen and oxygen atoms in total. The van der Waals surface area contributed by atoms with Crippen molar-refractivity contribution in [3.8, 4) is 0 Å². The number of ketones is 1. The predicted octanol–water partition coefficient (Wildman–Crippen LogP) is 4.59. The van der Waals surface area contributed by atoms with Crippen LogP contribution in [0.25, 0.3) is 5.76 Å². The summed E-state index contributed by atoms with van der Waals surface area (Å²) < 4.78 is 5.68. The lowest BCUT2D eigenvalue weighted by atomic mass is 9.95. The Morgan fingerprint density at radius 1 is 1.10 bits per heavy atom. The number of amides is 1. The van der Waals surface area contributed by atoms with Gasteiger partial charge in [0.2, 0.25) is 0 Å². The summed E-state index contributed by atoms with van der Waals surface area (Å²) in [5.74, 6) is -1.61. The third-order valence-corrected chi connectivity index (χ3v) is 5.73. The molecule has 0 spiro atoms. The number of likely N-dealkylation sites (tertiary alicyclic amines) is 1. The Bertz CT molecular complexity index is 981. The van der Waals surface area contributed by atoms with Gasteiger partial charge in [0.05, 0.1) is 17.7 Å². The summed E-state index contributed by atoms with van der Waals surface area (Å²) in [5, 5.41) is 11.9. The second-order valence-corrected chi connectivity index (χ2v) is 8.02. The molecule has 1 amide bonds. The zero-order valence-corrected chi connectivity index (χ0v) is 17.0. The molecular formula is C22H19Cl2NO4. The van der Waals surface area contributed by atoms with Crippen molar-refractivity contribution in [2.75, 3.05) is 13.2 Å². The average molecular weight is 432 g/mol. The highest BCUT2D eigenvalue weighted by Gasteiger charge is 2.47. The van der Waals surface area contributed by atoms with E-state index in [1.807, 2.05) is 0 Å². The van der Waals surface area contributed by atoms with Gasteiger partial charge in [-0.3, -0.25) is 9.59 Å². The first kappa shape index (κ1) is 20.0. The number of halogens is 2. The summed E-state index contributed by atoms with van der Waals surface area (Å²) in [6.45, 7) is 0.917. The number of hydrogen-bond acceptors (Lipinski definition) is 4. The Hall–Kier alpha value is -2.34. The van der Waals surface area contributed by atoms with Crippen molar-refractivity contribution in [2.45, 2.75) is 25.0 Å². The van der Waals surface area contributed by atoms with Crippen molar-refractivity contribution in [3.05, 3.63) is 75.3 Å². The Labute approximate surface area is 178 Å². The maximum absolute atomic E-state index is 12.9. The van der Waals surface area contributed by atoms with Gasteiger partial charge < -0.3 is 14.7 Å². The van der Waals surface area contributed by atoms with Crippen molar-refractivity contribution in [2.24, 2.45) is 0 Å². The molecule has 2 aromatic rings. The Kier molecular flexibility index (Phi) is 5.63. The number of nitrogens with zero attached hydrogens (tertiary/aromatic N) is 1. The Morgan fingerprint density at radius 2 is 1.86 bits per heavy atom. The molecule has 2 fully saturated rings. The molecule has 0 aromatic heterocycles. The SMILES string of the molecule is O=C1C(=O)N(CC2CCCO2)C(c2cccc(Cl)c2)C1=C(O)c1ccc(Cl)cc1. The van der Waals surface area contributed by atoms with Crippen LogP contribution in [0.3, 0.4) is 0 Å². The minimum Gasteiger partial charge on any atom is -0.507 e. The number of Topliss-reactive ketones (excluding diaryl/α,β-unsaturated/α-hetero) is 1. The van der Waals surface area contributed by atoms with Crippen LogP contribution < -0.4 is 0 Å². The predicted molar refractivity (Wildman–Crippen MR) is 111 cm³/mol. The summed E-state index contributed by atoms with van der Waals surface area (Å²) in [7, 11) is 0. The first-order chi connectivity index (χ1) is 14.0. The van der Waals surface area contributed by atoms with Crippen molar-refractivity contribution < 1.29 is 19.4 Å². The quantitative estimate of drug-likeness (QED) is 0.436. The highest BCUT2D eigenvalue weighted by atomic mass is 35.5. The lowest BCUT2D eigenvalue weighted by Gasteiger charge is -2.27. The molecule has 1 N–H and O–H groups in total. The van der Waals surface area contributed by atoms with E-state index >= 15 is 0 Å². The molecule has 7 heteroatoms. The van der Waals surface area contributed by atoms with Gasteiger partial charge in [-0.15, -0.1) is 0 Å². The van der Waals surface area contributed by atoms with E-state index in [1.54, 1.807) is 48.5 Å². The molecule has 150 valence electrons. The Balaban J connectivity index is 1.83. The molecule has 2 aliphatic rings. The fraction of sp³-hybridized carbons (Fsp3) is 0.273. The average Bonchev–Trinajstić information content (AvgIpc) is 3.30. The monoisotopic (exact) mass is 431 g/mol. The van der Waals surface area contributed by atoms with Crippen LogP contribution in [-0.4, -0.2) is 41.0 Å². The van der Waals surface area contributed by atoms with E-state index < -0.39 is 17.7 Å². The second-order valence-electron chi connectivity index (χ2n) is 7.15. The van der Waals surface area contributed by atoms with E-state index in [0.29, 0.717) is 27.8 Å². The lowest BCUT2D eigenvalue weighted by molar-refractivity contribution is -0.140. The van der Waals surface area contributed by atoms with Crippen LogP contribution in [0, 0.1) is 0 Å². The number of hydrogen-bond donors (Lipinski definition) is 1. The van der Waals surface area contributed by atoms with Crippen LogP contribution in [0.4, 0.5) is 0 Å². The highest BCUT2D eigenvalue weighted by molar-refractivity contribution is 6.46. The maximum atomic E-state index is 12.9. The number of ether oxygens (including phenoxy) is 1. The number of carbonyl (C=O) groups is 2. The van der Waals surface area contributed by atoms with Gasteiger partial charge in [-0.2, -0.15) is 0 Å². The van der Waals surface area contributed by atoms with Crippen LogP contribution in [0.15, 0.2) is 54.1 Å². The van der Waals surface area contributed by atoms with Gasteiger partial charge in [0.15, 0.2) is 0 Å². The number of benzene rings is 2. The molecule has 4 rings (SSSR count). The minimum atomic E-state index is -0.742. The summed E-state index contributed by atoms with van der Waals surface area (Å²) in [6, 6.07) is 12.7. The van der Waals surface area contributed by atoms with E-state index in [-0.39, 0.29) is 24.0 Å². The molecule has 0 bridgehead atoms. The standard InChI is InChI=1S/C22H19Cl2NO4/c23-15-8-6-13(7-9-15)20(26)18-19(14-3-1-4-16(24)11-14)25(22(28)21(18)27)12-17-5-2-10-29-17/h1,3-4,6-9,11,17,19,26H,2,5,10,12H2. The van der Waals surface area contributed by atoms with Crippen LogP contribution in [0.2, 0.25) is 10.0 Å². The first-order valence-electron chi connectivity index (χ1n) is 9.37. The van der Waals surface area contributed by atoms with Gasteiger partial charge in [-0.25, -0.2) is 0 Å². The van der Waals surface area contributed by atoms with Crippen LogP contribution in [0.1, 0.15) is 30.0 Å². The van der Waals surface area contributed by atoms with Crippen LogP contribution in [0.5, 0.6) is 0 Å². The molecule has 0 saturated carbocycles. The fourth-order valence-electron chi connectivity index (χ4n) is 3.86. The molecule has 0 radical (unpaired) electrons. The van der Waals surface area contributed by atoms with Gasteiger partial charge in [0, 0.05) is 28.8 Å². The van der Waals surface area contributed by atoms with Gasteiger partial charge >= 0.3 is 0 Å². The summed E-state index contributed by atoms with van der Waals surface area (Å²) in [6.07, 6.45) is 1.61.